The molecule has 1 aliphatic rings. The number of methoxy groups -OCH3 is 1. The summed E-state index contributed by atoms with van der Waals surface area (Å²) in [5.41, 5.74) is 3.04. The molecule has 3 rings (SSSR count). The fourth-order valence-electron chi connectivity index (χ4n) is 3.81. The fraction of sp³-hybridized carbons (Fsp3) is 0.391. The number of ether oxygens (including phenoxy) is 1. The lowest BCUT2D eigenvalue weighted by Crippen LogP contribution is -2.37. The van der Waals surface area contributed by atoms with Crippen LogP contribution in [0, 0.1) is 25.6 Å². The summed E-state index contributed by atoms with van der Waals surface area (Å²) in [6.07, 6.45) is 1.90. The molecule has 0 aliphatic carbocycles. The van der Waals surface area contributed by atoms with Gasteiger partial charge in [0.05, 0.1) is 18.2 Å². The predicted molar refractivity (Wildman–Crippen MR) is 114 cm³/mol. The minimum atomic E-state index is -0.604. The van der Waals surface area contributed by atoms with E-state index < -0.39 is 17.7 Å². The fourth-order valence-corrected chi connectivity index (χ4v) is 3.81. The van der Waals surface area contributed by atoms with Gasteiger partial charge in [-0.3, -0.25) is 4.79 Å². The van der Waals surface area contributed by atoms with Gasteiger partial charge in [0.15, 0.2) is 0 Å². The Labute approximate surface area is 175 Å². The maximum Gasteiger partial charge on any atom is 0.338 e. The molecule has 2 N–H and O–H groups in total. The zero-order chi connectivity index (χ0) is 21.8. The van der Waals surface area contributed by atoms with Crippen LogP contribution in [0.3, 0.4) is 0 Å². The van der Waals surface area contributed by atoms with Crippen molar-refractivity contribution >= 4 is 23.3 Å². The second-order valence-electron chi connectivity index (χ2n) is 7.66. The number of carbonyl (C=O) groups is 2. The van der Waals surface area contributed by atoms with Crippen molar-refractivity contribution in [2.75, 3.05) is 37.0 Å². The molecule has 0 spiro atoms. The molecule has 1 heterocycles. The summed E-state index contributed by atoms with van der Waals surface area (Å²) >= 11 is 0. The number of hydrogen-bond donors (Lipinski definition) is 2. The predicted octanol–water partition coefficient (Wildman–Crippen LogP) is 3.69. The number of aliphatic hydroxyl groups excluding tert-OH is 1. The summed E-state index contributed by atoms with van der Waals surface area (Å²) in [6, 6.07) is 7.71. The summed E-state index contributed by atoms with van der Waals surface area (Å²) in [6.45, 7) is 5.15. The van der Waals surface area contributed by atoms with Crippen molar-refractivity contribution in [3.63, 3.8) is 0 Å². The summed E-state index contributed by atoms with van der Waals surface area (Å²) < 4.78 is 19.2. The first-order valence-corrected chi connectivity index (χ1v) is 10.0. The number of halogens is 1. The lowest BCUT2D eigenvalue weighted by Gasteiger charge is -2.33. The van der Waals surface area contributed by atoms with Crippen LogP contribution in [-0.4, -0.2) is 43.8 Å². The molecule has 0 aromatic heterocycles. The minimum Gasteiger partial charge on any atom is -0.465 e. The van der Waals surface area contributed by atoms with Crippen molar-refractivity contribution in [2.24, 2.45) is 5.92 Å². The smallest absolute Gasteiger partial charge is 0.338 e. The standard InChI is InChI=1S/C23H27FN2O4/c1-14-15(2)21(9-7-18(14)23(29)30-3)25-22(28)19-11-17(6-8-20(19)24)26-10-4-5-16(12-26)13-27/h6-9,11,16,27H,4-5,10,12-13H2,1-3H3,(H,25,28). The first kappa shape index (κ1) is 21.8. The topological polar surface area (TPSA) is 78.9 Å². The van der Waals surface area contributed by atoms with E-state index in [-0.39, 0.29) is 18.1 Å². The van der Waals surface area contributed by atoms with Gasteiger partial charge in [0.2, 0.25) is 0 Å². The van der Waals surface area contributed by atoms with Crippen LogP contribution in [-0.2, 0) is 4.74 Å². The van der Waals surface area contributed by atoms with E-state index in [1.165, 1.54) is 13.2 Å². The molecule has 1 unspecified atom stereocenters. The van der Waals surface area contributed by atoms with Gasteiger partial charge < -0.3 is 20.1 Å². The molecule has 1 atom stereocenters. The summed E-state index contributed by atoms with van der Waals surface area (Å²) in [7, 11) is 1.31. The van der Waals surface area contributed by atoms with Crippen molar-refractivity contribution in [3.8, 4) is 0 Å². The van der Waals surface area contributed by atoms with Crippen LogP contribution in [0.1, 0.15) is 44.7 Å². The molecule has 1 aliphatic heterocycles. The average Bonchev–Trinajstić information content (AvgIpc) is 2.76. The Balaban J connectivity index is 1.84. The number of aliphatic hydroxyl groups is 1. The second kappa shape index (κ2) is 9.26. The SMILES string of the molecule is COC(=O)c1ccc(NC(=O)c2cc(N3CCCC(CO)C3)ccc2F)c(C)c1C. The van der Waals surface area contributed by atoms with E-state index in [9.17, 15) is 19.1 Å². The Kier molecular flexibility index (Phi) is 6.72. The maximum absolute atomic E-state index is 14.4. The number of piperidine rings is 1. The van der Waals surface area contributed by atoms with E-state index in [2.05, 4.69) is 10.2 Å². The summed E-state index contributed by atoms with van der Waals surface area (Å²) in [5.74, 6) is -1.43. The van der Waals surface area contributed by atoms with E-state index >= 15 is 0 Å². The highest BCUT2D eigenvalue weighted by molar-refractivity contribution is 6.06. The third-order valence-corrected chi connectivity index (χ3v) is 5.78. The Morgan fingerprint density at radius 1 is 1.20 bits per heavy atom. The number of nitrogens with zero attached hydrogens (tertiary/aromatic N) is 1. The number of anilines is 2. The molecule has 7 heteroatoms. The van der Waals surface area contributed by atoms with E-state index in [1.54, 1.807) is 38.1 Å². The van der Waals surface area contributed by atoms with Crippen LogP contribution in [0.15, 0.2) is 30.3 Å². The number of benzene rings is 2. The number of rotatable bonds is 5. The number of nitrogens with one attached hydrogen (secondary N) is 1. The van der Waals surface area contributed by atoms with Gasteiger partial charge in [-0.1, -0.05) is 0 Å². The molecule has 0 radical (unpaired) electrons. The third-order valence-electron chi connectivity index (χ3n) is 5.78. The molecule has 2 aromatic carbocycles. The molecule has 0 saturated carbocycles. The quantitative estimate of drug-likeness (QED) is 0.730. The van der Waals surface area contributed by atoms with Gasteiger partial charge in [0, 0.05) is 31.1 Å². The third kappa shape index (κ3) is 4.46. The highest BCUT2D eigenvalue weighted by Gasteiger charge is 2.22. The van der Waals surface area contributed by atoms with Crippen molar-refractivity contribution in [1.29, 1.82) is 0 Å². The molecular formula is C23H27FN2O4. The molecule has 1 saturated heterocycles. The lowest BCUT2D eigenvalue weighted by atomic mass is 9.98. The average molecular weight is 414 g/mol. The molecular weight excluding hydrogens is 387 g/mol. The number of amides is 1. The molecule has 2 aromatic rings. The van der Waals surface area contributed by atoms with Gasteiger partial charge >= 0.3 is 5.97 Å². The van der Waals surface area contributed by atoms with Crippen LogP contribution in [0.4, 0.5) is 15.8 Å². The molecule has 160 valence electrons. The van der Waals surface area contributed by atoms with Crippen molar-refractivity contribution < 1.29 is 23.8 Å². The van der Waals surface area contributed by atoms with Crippen LogP contribution in [0.5, 0.6) is 0 Å². The minimum absolute atomic E-state index is 0.0484. The Hall–Kier alpha value is -2.93. The van der Waals surface area contributed by atoms with E-state index in [4.69, 9.17) is 4.74 Å². The van der Waals surface area contributed by atoms with Crippen LogP contribution >= 0.6 is 0 Å². The first-order valence-electron chi connectivity index (χ1n) is 10.0. The summed E-state index contributed by atoms with van der Waals surface area (Å²) in [5, 5.41) is 12.2. The Morgan fingerprint density at radius 2 is 1.97 bits per heavy atom. The zero-order valence-electron chi connectivity index (χ0n) is 17.5. The van der Waals surface area contributed by atoms with Gasteiger partial charge in [-0.25, -0.2) is 9.18 Å². The summed E-state index contributed by atoms with van der Waals surface area (Å²) in [4.78, 5) is 26.7. The van der Waals surface area contributed by atoms with Crippen LogP contribution in [0.2, 0.25) is 0 Å². The molecule has 1 amide bonds. The van der Waals surface area contributed by atoms with E-state index in [1.807, 2.05) is 0 Å². The normalized spacial score (nSPS) is 16.3. The van der Waals surface area contributed by atoms with E-state index in [0.717, 1.165) is 25.1 Å². The van der Waals surface area contributed by atoms with Gasteiger partial charge in [-0.15, -0.1) is 0 Å². The molecule has 0 bridgehead atoms. The second-order valence-corrected chi connectivity index (χ2v) is 7.66. The lowest BCUT2D eigenvalue weighted by molar-refractivity contribution is 0.0599. The molecule has 1 fully saturated rings. The van der Waals surface area contributed by atoms with Gasteiger partial charge in [-0.05, 0) is 74.1 Å². The van der Waals surface area contributed by atoms with Gasteiger partial charge in [-0.2, -0.15) is 0 Å². The van der Waals surface area contributed by atoms with Crippen molar-refractivity contribution in [2.45, 2.75) is 26.7 Å². The van der Waals surface area contributed by atoms with Crippen molar-refractivity contribution in [1.82, 2.24) is 0 Å². The Bertz CT molecular complexity index is 960. The monoisotopic (exact) mass is 414 g/mol. The zero-order valence-corrected chi connectivity index (χ0v) is 17.5. The van der Waals surface area contributed by atoms with Gasteiger partial charge in [0.25, 0.3) is 5.91 Å². The van der Waals surface area contributed by atoms with Crippen LogP contribution in [0.25, 0.3) is 0 Å². The highest BCUT2D eigenvalue weighted by atomic mass is 19.1. The maximum atomic E-state index is 14.4. The van der Waals surface area contributed by atoms with Gasteiger partial charge in [0.1, 0.15) is 5.82 Å². The molecule has 30 heavy (non-hydrogen) atoms. The first-order chi connectivity index (χ1) is 14.3. The van der Waals surface area contributed by atoms with Crippen molar-refractivity contribution in [3.05, 3.63) is 58.4 Å². The molecule has 6 nitrogen and oxygen atoms in total. The number of hydrogen-bond acceptors (Lipinski definition) is 5. The largest absolute Gasteiger partial charge is 0.465 e. The number of esters is 1. The van der Waals surface area contributed by atoms with Crippen LogP contribution < -0.4 is 10.2 Å². The Morgan fingerprint density at radius 3 is 2.67 bits per heavy atom. The highest BCUT2D eigenvalue weighted by Crippen LogP contribution is 2.27. The number of carbonyl (C=O) groups excluding carboxylic acids is 2. The van der Waals surface area contributed by atoms with E-state index in [0.29, 0.717) is 28.9 Å².